The maximum Gasteiger partial charge on any atom is 0.141 e. The van der Waals surface area contributed by atoms with Gasteiger partial charge in [-0.25, -0.2) is 0 Å². The van der Waals surface area contributed by atoms with Gasteiger partial charge in [0.25, 0.3) is 0 Å². The molecule has 0 N–H and O–H groups in total. The third kappa shape index (κ3) is 4.09. The first kappa shape index (κ1) is 14.1. The third-order valence-corrected chi connectivity index (χ3v) is 3.52. The molecule has 0 amide bonds. The van der Waals surface area contributed by atoms with Crippen LogP contribution in [0, 0.1) is 6.92 Å². The van der Waals surface area contributed by atoms with Crippen molar-refractivity contribution in [1.29, 1.82) is 0 Å². The van der Waals surface area contributed by atoms with Gasteiger partial charge in [0.1, 0.15) is 5.78 Å². The zero-order valence-electron chi connectivity index (χ0n) is 10.6. The lowest BCUT2D eigenvalue weighted by molar-refractivity contribution is -0.117. The van der Waals surface area contributed by atoms with Gasteiger partial charge in [-0.05, 0) is 36.2 Å². The molecule has 0 saturated carbocycles. The Kier molecular flexibility index (Phi) is 4.62. The standard InChI is InChI=1S/C16H14Cl2O/c1-11-2-4-12(5-3-11)8-15(19)10-13-9-14(17)6-7-16(13)18/h2-7,9H,8,10H2,1H3. The smallest absolute Gasteiger partial charge is 0.141 e. The topological polar surface area (TPSA) is 17.1 Å². The number of halogens is 2. The highest BCUT2D eigenvalue weighted by Crippen LogP contribution is 2.21. The molecule has 98 valence electrons. The molecule has 0 aromatic heterocycles. The number of aryl methyl sites for hydroxylation is 1. The molecule has 0 unspecified atom stereocenters. The molecule has 0 saturated heterocycles. The average Bonchev–Trinajstić information content (AvgIpc) is 2.37. The van der Waals surface area contributed by atoms with E-state index in [0.29, 0.717) is 22.9 Å². The molecule has 2 rings (SSSR count). The van der Waals surface area contributed by atoms with E-state index >= 15 is 0 Å². The SMILES string of the molecule is Cc1ccc(CC(=O)Cc2cc(Cl)ccc2Cl)cc1. The monoisotopic (exact) mass is 292 g/mol. The van der Waals surface area contributed by atoms with Crippen LogP contribution >= 0.6 is 23.2 Å². The van der Waals surface area contributed by atoms with Gasteiger partial charge in [0.15, 0.2) is 0 Å². The van der Waals surface area contributed by atoms with Crippen LogP contribution in [-0.2, 0) is 17.6 Å². The summed E-state index contributed by atoms with van der Waals surface area (Å²) in [5.41, 5.74) is 2.99. The van der Waals surface area contributed by atoms with Crippen molar-refractivity contribution in [3.8, 4) is 0 Å². The Morgan fingerprint density at radius 3 is 2.37 bits per heavy atom. The minimum atomic E-state index is 0.132. The number of carbonyl (C=O) groups excluding carboxylic acids is 1. The number of ketones is 1. The van der Waals surface area contributed by atoms with Crippen molar-refractivity contribution in [2.24, 2.45) is 0 Å². The van der Waals surface area contributed by atoms with Crippen LogP contribution in [-0.4, -0.2) is 5.78 Å². The molecule has 0 aliphatic carbocycles. The summed E-state index contributed by atoms with van der Waals surface area (Å²) in [5.74, 6) is 0.132. The minimum absolute atomic E-state index is 0.132. The van der Waals surface area contributed by atoms with Crippen molar-refractivity contribution in [3.05, 3.63) is 69.2 Å². The lowest BCUT2D eigenvalue weighted by Crippen LogP contribution is -2.07. The first-order valence-corrected chi connectivity index (χ1v) is 6.81. The van der Waals surface area contributed by atoms with Crippen molar-refractivity contribution >= 4 is 29.0 Å². The molecule has 3 heteroatoms. The maximum atomic E-state index is 12.0. The molecule has 0 heterocycles. The molecule has 0 atom stereocenters. The Bertz CT molecular complexity index is 588. The van der Waals surface area contributed by atoms with Gasteiger partial charge in [-0.15, -0.1) is 0 Å². The summed E-state index contributed by atoms with van der Waals surface area (Å²) < 4.78 is 0. The molecule has 1 nitrogen and oxygen atoms in total. The average molecular weight is 293 g/mol. The van der Waals surface area contributed by atoms with E-state index in [1.165, 1.54) is 5.56 Å². The lowest BCUT2D eigenvalue weighted by Gasteiger charge is -2.05. The Morgan fingerprint density at radius 2 is 1.68 bits per heavy atom. The first-order chi connectivity index (χ1) is 9.04. The molecule has 0 spiro atoms. The van der Waals surface area contributed by atoms with Crippen LogP contribution in [0.1, 0.15) is 16.7 Å². The normalized spacial score (nSPS) is 10.5. The van der Waals surface area contributed by atoms with Gasteiger partial charge in [-0.3, -0.25) is 4.79 Å². The number of hydrogen-bond acceptors (Lipinski definition) is 1. The fourth-order valence-corrected chi connectivity index (χ4v) is 2.27. The molecule has 2 aromatic rings. The summed E-state index contributed by atoms with van der Waals surface area (Å²) >= 11 is 12.0. The van der Waals surface area contributed by atoms with E-state index in [2.05, 4.69) is 0 Å². The van der Waals surface area contributed by atoms with E-state index in [1.54, 1.807) is 18.2 Å². The van der Waals surface area contributed by atoms with Crippen molar-refractivity contribution in [2.45, 2.75) is 19.8 Å². The summed E-state index contributed by atoms with van der Waals surface area (Å²) in [6.45, 7) is 2.03. The zero-order valence-corrected chi connectivity index (χ0v) is 12.1. The second kappa shape index (κ2) is 6.23. The van der Waals surface area contributed by atoms with Crippen LogP contribution in [0.4, 0.5) is 0 Å². The van der Waals surface area contributed by atoms with Crippen molar-refractivity contribution in [2.75, 3.05) is 0 Å². The molecule has 0 fully saturated rings. The predicted octanol–water partition coefficient (Wildman–Crippen LogP) is 4.66. The highest BCUT2D eigenvalue weighted by molar-refractivity contribution is 6.33. The van der Waals surface area contributed by atoms with Crippen LogP contribution in [0.3, 0.4) is 0 Å². The fourth-order valence-electron chi connectivity index (χ4n) is 1.89. The van der Waals surface area contributed by atoms with Gasteiger partial charge in [0.2, 0.25) is 0 Å². The summed E-state index contributed by atoms with van der Waals surface area (Å²) in [4.78, 5) is 12.0. The quantitative estimate of drug-likeness (QED) is 0.801. The van der Waals surface area contributed by atoms with E-state index in [0.717, 1.165) is 11.1 Å². The van der Waals surface area contributed by atoms with E-state index in [9.17, 15) is 4.79 Å². The van der Waals surface area contributed by atoms with Crippen molar-refractivity contribution in [1.82, 2.24) is 0 Å². The highest BCUT2D eigenvalue weighted by atomic mass is 35.5. The van der Waals surface area contributed by atoms with Crippen LogP contribution in [0.25, 0.3) is 0 Å². The van der Waals surface area contributed by atoms with Crippen LogP contribution in [0.5, 0.6) is 0 Å². The second-order valence-electron chi connectivity index (χ2n) is 4.61. The van der Waals surface area contributed by atoms with Gasteiger partial charge in [0, 0.05) is 22.9 Å². The van der Waals surface area contributed by atoms with E-state index in [1.807, 2.05) is 31.2 Å². The molecule has 0 aliphatic heterocycles. The van der Waals surface area contributed by atoms with Gasteiger partial charge in [-0.2, -0.15) is 0 Å². The second-order valence-corrected chi connectivity index (χ2v) is 5.46. The van der Waals surface area contributed by atoms with Crippen molar-refractivity contribution < 1.29 is 4.79 Å². The Morgan fingerprint density at radius 1 is 1.00 bits per heavy atom. The largest absolute Gasteiger partial charge is 0.299 e. The van der Waals surface area contributed by atoms with Crippen LogP contribution < -0.4 is 0 Å². The first-order valence-electron chi connectivity index (χ1n) is 6.06. The Labute approximate surface area is 123 Å². The van der Waals surface area contributed by atoms with E-state index < -0.39 is 0 Å². The van der Waals surface area contributed by atoms with Crippen LogP contribution in [0.2, 0.25) is 10.0 Å². The molecule has 0 radical (unpaired) electrons. The molecule has 19 heavy (non-hydrogen) atoms. The van der Waals surface area contributed by atoms with Gasteiger partial charge in [-0.1, -0.05) is 53.0 Å². The highest BCUT2D eigenvalue weighted by Gasteiger charge is 2.09. The number of carbonyl (C=O) groups is 1. The minimum Gasteiger partial charge on any atom is -0.299 e. The molecular formula is C16H14Cl2O. The lowest BCUT2D eigenvalue weighted by atomic mass is 10.0. The van der Waals surface area contributed by atoms with Gasteiger partial charge < -0.3 is 0 Å². The zero-order chi connectivity index (χ0) is 13.8. The van der Waals surface area contributed by atoms with E-state index in [4.69, 9.17) is 23.2 Å². The summed E-state index contributed by atoms with van der Waals surface area (Å²) in [6.07, 6.45) is 0.733. The predicted molar refractivity (Wildman–Crippen MR) is 80.1 cm³/mol. The van der Waals surface area contributed by atoms with Crippen LogP contribution in [0.15, 0.2) is 42.5 Å². The number of hydrogen-bond donors (Lipinski definition) is 0. The summed E-state index contributed by atoms with van der Waals surface area (Å²) in [7, 11) is 0. The fraction of sp³-hybridized carbons (Fsp3) is 0.188. The number of rotatable bonds is 4. The third-order valence-electron chi connectivity index (χ3n) is 2.92. The maximum absolute atomic E-state index is 12.0. The summed E-state index contributed by atoms with van der Waals surface area (Å²) in [6, 6.07) is 13.2. The van der Waals surface area contributed by atoms with Gasteiger partial charge >= 0.3 is 0 Å². The molecule has 0 aliphatic rings. The number of benzene rings is 2. The molecular weight excluding hydrogens is 279 g/mol. The molecule has 2 aromatic carbocycles. The van der Waals surface area contributed by atoms with Crippen molar-refractivity contribution in [3.63, 3.8) is 0 Å². The summed E-state index contributed by atoms with van der Waals surface area (Å²) in [5, 5.41) is 1.18. The molecule has 0 bridgehead atoms. The Hall–Kier alpha value is -1.31. The Balaban J connectivity index is 2.05. The van der Waals surface area contributed by atoms with Gasteiger partial charge in [0.05, 0.1) is 0 Å². The number of Topliss-reactive ketones (excluding diaryl/α,β-unsaturated/α-hetero) is 1. The van der Waals surface area contributed by atoms with E-state index in [-0.39, 0.29) is 5.78 Å².